The van der Waals surface area contributed by atoms with Crippen LogP contribution in [0.5, 0.6) is 0 Å². The van der Waals surface area contributed by atoms with Crippen LogP contribution in [0.25, 0.3) is 0 Å². The highest BCUT2D eigenvalue weighted by molar-refractivity contribution is 5.89. The van der Waals surface area contributed by atoms with Gasteiger partial charge in [0.15, 0.2) is 0 Å². The van der Waals surface area contributed by atoms with E-state index in [1.165, 1.54) is 4.90 Å². The van der Waals surface area contributed by atoms with Crippen LogP contribution in [0, 0.1) is 0 Å². The van der Waals surface area contributed by atoms with Crippen molar-refractivity contribution in [3.63, 3.8) is 0 Å². The lowest BCUT2D eigenvalue weighted by Gasteiger charge is -2.35. The van der Waals surface area contributed by atoms with Gasteiger partial charge in [0.05, 0.1) is 19.1 Å². The zero-order valence-corrected chi connectivity index (χ0v) is 9.46. The summed E-state index contributed by atoms with van der Waals surface area (Å²) in [5, 5.41) is 13.2. The minimum absolute atomic E-state index is 0.0423. The second-order valence-corrected chi connectivity index (χ2v) is 4.24. The maximum Gasteiger partial charge on any atom is 0.410 e. The van der Waals surface area contributed by atoms with Gasteiger partial charge < -0.3 is 31.1 Å². The number of carbonyl (C=O) groups excluding carboxylic acids is 2. The number of hydrogen-bond donors (Lipinski definition) is 4. The summed E-state index contributed by atoms with van der Waals surface area (Å²) in [4.78, 5) is 34.1. The third kappa shape index (κ3) is 2.45. The van der Waals surface area contributed by atoms with Gasteiger partial charge >= 0.3 is 12.2 Å². The Labute approximate surface area is 102 Å². The van der Waals surface area contributed by atoms with Crippen molar-refractivity contribution in [2.45, 2.75) is 18.2 Å². The molecule has 0 aliphatic carbocycles. The van der Waals surface area contributed by atoms with Crippen LogP contribution in [0.15, 0.2) is 0 Å². The van der Waals surface area contributed by atoms with E-state index in [4.69, 9.17) is 15.6 Å². The maximum atomic E-state index is 11.5. The van der Waals surface area contributed by atoms with Gasteiger partial charge in [-0.15, -0.1) is 0 Å². The predicted molar refractivity (Wildman–Crippen MR) is 57.8 cm³/mol. The zero-order valence-electron chi connectivity index (χ0n) is 9.46. The molecule has 18 heavy (non-hydrogen) atoms. The summed E-state index contributed by atoms with van der Waals surface area (Å²) in [6.45, 7) is 0.591. The van der Waals surface area contributed by atoms with Crippen molar-refractivity contribution in [3.8, 4) is 0 Å². The summed E-state index contributed by atoms with van der Waals surface area (Å²) < 4.78 is 4.96. The second kappa shape index (κ2) is 4.69. The Bertz CT molecular complexity index is 387. The van der Waals surface area contributed by atoms with Crippen LogP contribution < -0.4 is 16.4 Å². The SMILES string of the molecule is N[C@@H]1C(=O)N[C@@H]1CN1C[C@@H](CNC(=O)O)OC1=O. The quantitative estimate of drug-likeness (QED) is 0.427. The minimum Gasteiger partial charge on any atom is -0.465 e. The van der Waals surface area contributed by atoms with E-state index in [9.17, 15) is 14.4 Å². The van der Waals surface area contributed by atoms with Crippen LogP contribution in [0.2, 0.25) is 0 Å². The maximum absolute atomic E-state index is 11.5. The number of carbonyl (C=O) groups is 3. The summed E-state index contributed by atoms with van der Waals surface area (Å²) in [5.74, 6) is -0.239. The molecule has 0 aromatic carbocycles. The van der Waals surface area contributed by atoms with E-state index in [1.807, 2.05) is 0 Å². The third-order valence-corrected chi connectivity index (χ3v) is 2.91. The van der Waals surface area contributed by atoms with Crippen LogP contribution in [0.1, 0.15) is 0 Å². The number of nitrogens with two attached hydrogens (primary N) is 1. The van der Waals surface area contributed by atoms with Crippen molar-refractivity contribution in [2.75, 3.05) is 19.6 Å². The van der Waals surface area contributed by atoms with Crippen LogP contribution in [-0.2, 0) is 9.53 Å². The fourth-order valence-corrected chi connectivity index (χ4v) is 1.88. The Morgan fingerprint density at radius 1 is 1.61 bits per heavy atom. The number of carboxylic acid groups (broad SMARTS) is 1. The van der Waals surface area contributed by atoms with Gasteiger partial charge in [0.2, 0.25) is 5.91 Å². The minimum atomic E-state index is -1.17. The van der Waals surface area contributed by atoms with Gasteiger partial charge in [-0.05, 0) is 0 Å². The first-order valence-corrected chi connectivity index (χ1v) is 5.45. The zero-order chi connectivity index (χ0) is 13.3. The van der Waals surface area contributed by atoms with E-state index in [1.54, 1.807) is 0 Å². The van der Waals surface area contributed by atoms with Crippen molar-refractivity contribution in [1.82, 2.24) is 15.5 Å². The average Bonchev–Trinajstić information content (AvgIpc) is 2.67. The van der Waals surface area contributed by atoms with Crippen LogP contribution in [0.3, 0.4) is 0 Å². The molecule has 0 spiro atoms. The molecule has 3 amide bonds. The molecule has 5 N–H and O–H groups in total. The molecule has 2 rings (SSSR count). The standard InChI is InChI=1S/C9H14N4O5/c10-6-5(12-7(6)14)3-13-2-4(18-9(13)17)1-11-8(15)16/h4-6,11H,1-3,10H2,(H,12,14)(H,15,16)/t4-,5-,6+/m1/s1. The number of nitrogens with one attached hydrogen (secondary N) is 2. The van der Waals surface area contributed by atoms with Crippen molar-refractivity contribution in [3.05, 3.63) is 0 Å². The van der Waals surface area contributed by atoms with E-state index >= 15 is 0 Å². The molecule has 100 valence electrons. The normalized spacial score (nSPS) is 30.5. The number of nitrogens with zero attached hydrogens (tertiary/aromatic N) is 1. The fraction of sp³-hybridized carbons (Fsp3) is 0.667. The van der Waals surface area contributed by atoms with Gasteiger partial charge in [-0.2, -0.15) is 0 Å². The highest BCUT2D eigenvalue weighted by Crippen LogP contribution is 2.14. The predicted octanol–water partition coefficient (Wildman–Crippen LogP) is -2.10. The molecule has 2 aliphatic heterocycles. The van der Waals surface area contributed by atoms with Gasteiger partial charge in [0.1, 0.15) is 12.1 Å². The molecule has 0 bridgehead atoms. The van der Waals surface area contributed by atoms with Crippen molar-refractivity contribution >= 4 is 18.1 Å². The Kier molecular flexibility index (Phi) is 3.24. The Morgan fingerprint density at radius 2 is 2.33 bits per heavy atom. The van der Waals surface area contributed by atoms with Crippen molar-refractivity contribution in [2.24, 2.45) is 5.73 Å². The molecule has 9 heteroatoms. The molecule has 9 nitrogen and oxygen atoms in total. The molecule has 2 fully saturated rings. The highest BCUT2D eigenvalue weighted by Gasteiger charge is 2.41. The van der Waals surface area contributed by atoms with Crippen LogP contribution >= 0.6 is 0 Å². The van der Waals surface area contributed by atoms with Gasteiger partial charge in [-0.1, -0.05) is 0 Å². The van der Waals surface area contributed by atoms with Gasteiger partial charge in [0, 0.05) is 6.54 Å². The number of hydrogen-bond acceptors (Lipinski definition) is 5. The molecule has 2 saturated heterocycles. The van der Waals surface area contributed by atoms with E-state index in [0.29, 0.717) is 0 Å². The largest absolute Gasteiger partial charge is 0.465 e. The van der Waals surface area contributed by atoms with E-state index in [-0.39, 0.29) is 31.6 Å². The third-order valence-electron chi connectivity index (χ3n) is 2.91. The summed E-state index contributed by atoms with van der Waals surface area (Å²) in [7, 11) is 0. The first-order valence-electron chi connectivity index (χ1n) is 5.45. The molecular weight excluding hydrogens is 244 g/mol. The lowest BCUT2D eigenvalue weighted by molar-refractivity contribution is -0.130. The number of amides is 3. The molecule has 2 aliphatic rings. The number of cyclic esters (lactones) is 1. The molecule has 0 aromatic rings. The van der Waals surface area contributed by atoms with Crippen LogP contribution in [0.4, 0.5) is 9.59 Å². The number of β-lactam (4-membered cyclic amide) rings is 1. The number of rotatable bonds is 4. The van der Waals surface area contributed by atoms with E-state index in [2.05, 4.69) is 10.6 Å². The van der Waals surface area contributed by atoms with Crippen molar-refractivity contribution < 1.29 is 24.2 Å². The second-order valence-electron chi connectivity index (χ2n) is 4.24. The summed E-state index contributed by atoms with van der Waals surface area (Å²) >= 11 is 0. The Morgan fingerprint density at radius 3 is 2.89 bits per heavy atom. The van der Waals surface area contributed by atoms with Crippen LogP contribution in [-0.4, -0.2) is 65.9 Å². The molecule has 3 atom stereocenters. The smallest absolute Gasteiger partial charge is 0.410 e. The first-order chi connectivity index (χ1) is 8.47. The molecular formula is C9H14N4O5. The number of ether oxygens (including phenoxy) is 1. The first kappa shape index (κ1) is 12.4. The van der Waals surface area contributed by atoms with Gasteiger partial charge in [-0.3, -0.25) is 4.79 Å². The highest BCUT2D eigenvalue weighted by atomic mass is 16.6. The molecule has 0 radical (unpaired) electrons. The van der Waals surface area contributed by atoms with Gasteiger partial charge in [-0.25, -0.2) is 9.59 Å². The molecule has 0 aromatic heterocycles. The Hall–Kier alpha value is -2.03. The molecule has 2 heterocycles. The van der Waals surface area contributed by atoms with E-state index < -0.39 is 24.3 Å². The average molecular weight is 258 g/mol. The fourth-order valence-electron chi connectivity index (χ4n) is 1.88. The summed E-state index contributed by atoms with van der Waals surface area (Å²) in [5.41, 5.74) is 5.54. The summed E-state index contributed by atoms with van der Waals surface area (Å²) in [6.07, 6.45) is -2.21. The van der Waals surface area contributed by atoms with Gasteiger partial charge in [0.25, 0.3) is 0 Å². The lowest BCUT2D eigenvalue weighted by atomic mass is 10.00. The van der Waals surface area contributed by atoms with E-state index in [0.717, 1.165) is 0 Å². The monoisotopic (exact) mass is 258 g/mol. The molecule has 0 unspecified atom stereocenters. The van der Waals surface area contributed by atoms with Crippen molar-refractivity contribution in [1.29, 1.82) is 0 Å². The Balaban J connectivity index is 1.79. The summed E-state index contributed by atoms with van der Waals surface area (Å²) in [6, 6.07) is -0.870. The molecule has 0 saturated carbocycles. The lowest BCUT2D eigenvalue weighted by Crippen LogP contribution is -2.69. The topological polar surface area (TPSA) is 134 Å².